The molecular weight excluding hydrogens is 261 g/mol. The summed E-state index contributed by atoms with van der Waals surface area (Å²) in [6, 6.07) is 3.72. The van der Waals surface area contributed by atoms with Crippen LogP contribution in [0.3, 0.4) is 0 Å². The highest BCUT2D eigenvalue weighted by Crippen LogP contribution is 2.26. The highest BCUT2D eigenvalue weighted by Gasteiger charge is 2.33. The highest BCUT2D eigenvalue weighted by atomic mass is 19.1. The molecule has 3 atom stereocenters. The van der Waals surface area contributed by atoms with Gasteiger partial charge in [-0.3, -0.25) is 9.69 Å². The van der Waals surface area contributed by atoms with Crippen LogP contribution < -0.4 is 0 Å². The minimum absolute atomic E-state index is 0.0119. The van der Waals surface area contributed by atoms with Crippen molar-refractivity contribution in [3.05, 3.63) is 35.1 Å². The largest absolute Gasteiger partial charge is 0.480 e. The van der Waals surface area contributed by atoms with Crippen molar-refractivity contribution in [2.45, 2.75) is 39.0 Å². The summed E-state index contributed by atoms with van der Waals surface area (Å²) in [7, 11) is 0. The summed E-state index contributed by atoms with van der Waals surface area (Å²) >= 11 is 0. The van der Waals surface area contributed by atoms with Gasteiger partial charge in [-0.1, -0.05) is 12.1 Å². The number of carbonyl (C=O) groups is 1. The second kappa shape index (κ2) is 5.89. The Labute approximate surface area is 118 Å². The number of hydrogen-bond donors (Lipinski definition) is 1. The van der Waals surface area contributed by atoms with Crippen LogP contribution in [0, 0.1) is 12.7 Å². The number of aliphatic carboxylic acids is 1. The first-order chi connectivity index (χ1) is 9.38. The maximum absolute atomic E-state index is 13.3. The molecule has 0 radical (unpaired) electrons. The van der Waals surface area contributed by atoms with Gasteiger partial charge in [-0.25, -0.2) is 4.39 Å². The summed E-state index contributed by atoms with van der Waals surface area (Å²) in [5.74, 6) is -1.24. The van der Waals surface area contributed by atoms with Crippen LogP contribution in [0.5, 0.6) is 0 Å². The van der Waals surface area contributed by atoms with Gasteiger partial charge in [-0.05, 0) is 38.0 Å². The zero-order valence-corrected chi connectivity index (χ0v) is 12.0. The molecule has 0 amide bonds. The minimum Gasteiger partial charge on any atom is -0.480 e. The van der Waals surface area contributed by atoms with Crippen molar-refractivity contribution in [1.82, 2.24) is 4.90 Å². The van der Waals surface area contributed by atoms with Gasteiger partial charge in [-0.15, -0.1) is 0 Å². The van der Waals surface area contributed by atoms with Gasteiger partial charge in [0.15, 0.2) is 0 Å². The summed E-state index contributed by atoms with van der Waals surface area (Å²) in [6.45, 7) is 6.60. The Balaban J connectivity index is 2.30. The van der Waals surface area contributed by atoms with Gasteiger partial charge in [0.1, 0.15) is 11.9 Å². The maximum atomic E-state index is 13.3. The van der Waals surface area contributed by atoms with E-state index in [1.165, 1.54) is 6.07 Å². The molecule has 110 valence electrons. The Morgan fingerprint density at radius 3 is 2.50 bits per heavy atom. The smallest absolute Gasteiger partial charge is 0.325 e. The maximum Gasteiger partial charge on any atom is 0.325 e. The van der Waals surface area contributed by atoms with Gasteiger partial charge < -0.3 is 9.84 Å². The monoisotopic (exact) mass is 281 g/mol. The molecule has 0 aromatic heterocycles. The van der Waals surface area contributed by atoms with E-state index in [0.717, 1.165) is 0 Å². The first kappa shape index (κ1) is 14.9. The number of rotatable bonds is 3. The lowest BCUT2D eigenvalue weighted by Crippen LogP contribution is -2.48. The molecule has 1 heterocycles. The van der Waals surface area contributed by atoms with Gasteiger partial charge in [-0.2, -0.15) is 0 Å². The molecule has 0 bridgehead atoms. The van der Waals surface area contributed by atoms with Crippen molar-refractivity contribution in [2.75, 3.05) is 13.1 Å². The summed E-state index contributed by atoms with van der Waals surface area (Å²) in [6.07, 6.45) is -0.0238. The van der Waals surface area contributed by atoms with Crippen LogP contribution >= 0.6 is 0 Å². The fourth-order valence-electron chi connectivity index (χ4n) is 2.78. The number of halogens is 1. The minimum atomic E-state index is -0.919. The summed E-state index contributed by atoms with van der Waals surface area (Å²) in [5, 5.41) is 9.54. The van der Waals surface area contributed by atoms with Crippen LogP contribution in [0.4, 0.5) is 4.39 Å². The molecule has 1 fully saturated rings. The SMILES string of the molecule is Cc1cc(C(C(=O)O)N2CC(C)OC(C)C2)ccc1F. The summed E-state index contributed by atoms with van der Waals surface area (Å²) in [5.41, 5.74) is 1.07. The van der Waals surface area contributed by atoms with E-state index in [0.29, 0.717) is 24.2 Å². The number of morpholine rings is 1. The summed E-state index contributed by atoms with van der Waals surface area (Å²) in [4.78, 5) is 13.5. The molecule has 0 saturated carbocycles. The second-order valence-electron chi connectivity index (χ2n) is 5.46. The van der Waals surface area contributed by atoms with Crippen LogP contribution in [-0.4, -0.2) is 41.3 Å². The molecule has 2 rings (SSSR count). The fraction of sp³-hybridized carbons (Fsp3) is 0.533. The molecule has 1 aromatic carbocycles. The highest BCUT2D eigenvalue weighted by molar-refractivity contribution is 5.75. The second-order valence-corrected chi connectivity index (χ2v) is 5.46. The predicted octanol–water partition coefficient (Wildman–Crippen LogP) is 2.37. The fourth-order valence-corrected chi connectivity index (χ4v) is 2.78. The number of ether oxygens (including phenoxy) is 1. The quantitative estimate of drug-likeness (QED) is 0.924. The van der Waals surface area contributed by atoms with E-state index in [2.05, 4.69) is 0 Å². The number of carboxylic acid groups (broad SMARTS) is 1. The van der Waals surface area contributed by atoms with Crippen molar-refractivity contribution >= 4 is 5.97 Å². The molecule has 1 saturated heterocycles. The normalized spacial score (nSPS) is 25.4. The Kier molecular flexibility index (Phi) is 4.40. The van der Waals surface area contributed by atoms with Crippen molar-refractivity contribution in [3.8, 4) is 0 Å². The van der Waals surface area contributed by atoms with Crippen LogP contribution in [0.25, 0.3) is 0 Å². The number of benzene rings is 1. The lowest BCUT2D eigenvalue weighted by atomic mass is 10.0. The third kappa shape index (κ3) is 3.16. The number of hydrogen-bond acceptors (Lipinski definition) is 3. The molecule has 5 heteroatoms. The van der Waals surface area contributed by atoms with E-state index in [9.17, 15) is 14.3 Å². The molecule has 1 aliphatic rings. The molecule has 3 unspecified atom stereocenters. The van der Waals surface area contributed by atoms with Gasteiger partial charge in [0.05, 0.1) is 12.2 Å². The molecule has 0 spiro atoms. The lowest BCUT2D eigenvalue weighted by Gasteiger charge is -2.38. The Morgan fingerprint density at radius 2 is 2.00 bits per heavy atom. The number of aryl methyl sites for hydroxylation is 1. The standard InChI is InChI=1S/C15H20FNO3/c1-9-6-12(4-5-13(9)16)14(15(18)19)17-7-10(2)20-11(3)8-17/h4-6,10-11,14H,7-8H2,1-3H3,(H,18,19). The zero-order chi connectivity index (χ0) is 14.9. The molecule has 4 nitrogen and oxygen atoms in total. The molecule has 1 aliphatic heterocycles. The molecule has 0 aliphatic carbocycles. The van der Waals surface area contributed by atoms with Crippen molar-refractivity contribution in [3.63, 3.8) is 0 Å². The third-order valence-electron chi connectivity index (χ3n) is 3.54. The van der Waals surface area contributed by atoms with E-state index in [-0.39, 0.29) is 18.0 Å². The van der Waals surface area contributed by atoms with E-state index < -0.39 is 12.0 Å². The van der Waals surface area contributed by atoms with Crippen molar-refractivity contribution in [2.24, 2.45) is 0 Å². The Bertz CT molecular complexity index is 496. The lowest BCUT2D eigenvalue weighted by molar-refractivity contribution is -0.149. The van der Waals surface area contributed by atoms with Crippen molar-refractivity contribution < 1.29 is 19.0 Å². The van der Waals surface area contributed by atoms with E-state index in [1.807, 2.05) is 18.7 Å². The summed E-state index contributed by atoms with van der Waals surface area (Å²) < 4.78 is 19.0. The predicted molar refractivity (Wildman–Crippen MR) is 73.1 cm³/mol. The van der Waals surface area contributed by atoms with E-state index in [1.54, 1.807) is 19.1 Å². The number of nitrogens with zero attached hydrogens (tertiary/aromatic N) is 1. The molecule has 1 aromatic rings. The Hall–Kier alpha value is -1.46. The average molecular weight is 281 g/mol. The Morgan fingerprint density at radius 1 is 1.40 bits per heavy atom. The van der Waals surface area contributed by atoms with E-state index >= 15 is 0 Å². The zero-order valence-electron chi connectivity index (χ0n) is 12.0. The first-order valence-electron chi connectivity index (χ1n) is 6.77. The van der Waals surface area contributed by atoms with Gasteiger partial charge >= 0.3 is 5.97 Å². The topological polar surface area (TPSA) is 49.8 Å². The molecule has 20 heavy (non-hydrogen) atoms. The van der Waals surface area contributed by atoms with Crippen LogP contribution in [-0.2, 0) is 9.53 Å². The van der Waals surface area contributed by atoms with Crippen molar-refractivity contribution in [1.29, 1.82) is 0 Å². The van der Waals surface area contributed by atoms with E-state index in [4.69, 9.17) is 4.74 Å². The molecule has 1 N–H and O–H groups in total. The number of carboxylic acids is 1. The third-order valence-corrected chi connectivity index (χ3v) is 3.54. The van der Waals surface area contributed by atoms with Gasteiger partial charge in [0.25, 0.3) is 0 Å². The molecular formula is C15H20FNO3. The van der Waals surface area contributed by atoms with Crippen LogP contribution in [0.1, 0.15) is 31.0 Å². The van der Waals surface area contributed by atoms with Gasteiger partial charge in [0, 0.05) is 13.1 Å². The van der Waals surface area contributed by atoms with Crippen LogP contribution in [0.2, 0.25) is 0 Å². The average Bonchev–Trinajstić information content (AvgIpc) is 2.32. The van der Waals surface area contributed by atoms with Gasteiger partial charge in [0.2, 0.25) is 0 Å². The van der Waals surface area contributed by atoms with Crippen LogP contribution in [0.15, 0.2) is 18.2 Å². The first-order valence-corrected chi connectivity index (χ1v) is 6.77.